The summed E-state index contributed by atoms with van der Waals surface area (Å²) in [5.41, 5.74) is 1.23. The smallest absolute Gasteiger partial charge is 0.306 e. The van der Waals surface area contributed by atoms with Crippen LogP contribution in [0.2, 0.25) is 0 Å². The van der Waals surface area contributed by atoms with E-state index in [1.54, 1.807) is 7.11 Å². The highest BCUT2D eigenvalue weighted by Gasteiger charge is 2.30. The van der Waals surface area contributed by atoms with Crippen molar-refractivity contribution in [3.63, 3.8) is 0 Å². The molecule has 0 radical (unpaired) electrons. The molecule has 0 amide bonds. The van der Waals surface area contributed by atoms with Crippen molar-refractivity contribution in [2.24, 2.45) is 5.92 Å². The van der Waals surface area contributed by atoms with Crippen molar-refractivity contribution < 1.29 is 14.6 Å². The molecule has 0 bridgehead atoms. The van der Waals surface area contributed by atoms with Crippen LogP contribution in [0.25, 0.3) is 0 Å². The van der Waals surface area contributed by atoms with Crippen molar-refractivity contribution in [2.75, 3.05) is 7.11 Å². The number of ether oxygens (including phenoxy) is 1. The Morgan fingerprint density at radius 3 is 2.50 bits per heavy atom. The van der Waals surface area contributed by atoms with Crippen molar-refractivity contribution >= 4 is 5.97 Å². The number of rotatable bonds is 3. The van der Waals surface area contributed by atoms with Gasteiger partial charge in [-0.05, 0) is 42.9 Å². The molecule has 0 aromatic heterocycles. The minimum absolute atomic E-state index is 0.160. The van der Waals surface area contributed by atoms with Crippen molar-refractivity contribution in [3.05, 3.63) is 29.8 Å². The maximum Gasteiger partial charge on any atom is 0.306 e. The van der Waals surface area contributed by atoms with Crippen molar-refractivity contribution in [1.29, 1.82) is 0 Å². The number of carboxylic acids is 1. The zero-order chi connectivity index (χ0) is 11.5. The lowest BCUT2D eigenvalue weighted by Gasteiger charge is -2.10. The fraction of sp³-hybridized carbons (Fsp3) is 0.462. The average molecular weight is 220 g/mol. The molecule has 16 heavy (non-hydrogen) atoms. The lowest BCUT2D eigenvalue weighted by atomic mass is 9.96. The Morgan fingerprint density at radius 2 is 2.00 bits per heavy atom. The molecule has 1 aromatic carbocycles. The quantitative estimate of drug-likeness (QED) is 0.851. The maximum atomic E-state index is 10.9. The van der Waals surface area contributed by atoms with Gasteiger partial charge in [-0.15, -0.1) is 0 Å². The van der Waals surface area contributed by atoms with Gasteiger partial charge in [0.05, 0.1) is 13.0 Å². The third-order valence-electron chi connectivity index (χ3n) is 3.37. The van der Waals surface area contributed by atoms with Crippen LogP contribution in [0.1, 0.15) is 30.7 Å². The Bertz CT molecular complexity index is 369. The van der Waals surface area contributed by atoms with Crippen molar-refractivity contribution in [3.8, 4) is 5.75 Å². The maximum absolute atomic E-state index is 10.9. The Labute approximate surface area is 95.0 Å². The highest BCUT2D eigenvalue weighted by Crippen LogP contribution is 2.38. The second-order valence-corrected chi connectivity index (χ2v) is 4.32. The van der Waals surface area contributed by atoms with E-state index in [9.17, 15) is 4.79 Å². The second-order valence-electron chi connectivity index (χ2n) is 4.32. The molecule has 1 fully saturated rings. The number of aliphatic carboxylic acids is 1. The average Bonchev–Trinajstić information content (AvgIpc) is 2.78. The zero-order valence-electron chi connectivity index (χ0n) is 9.35. The summed E-state index contributed by atoms with van der Waals surface area (Å²) >= 11 is 0. The number of carbonyl (C=O) groups is 1. The molecule has 0 saturated heterocycles. The number of benzene rings is 1. The Kier molecular flexibility index (Phi) is 3.13. The Hall–Kier alpha value is -1.51. The molecule has 1 aliphatic carbocycles. The van der Waals surface area contributed by atoms with Gasteiger partial charge in [0, 0.05) is 0 Å². The molecule has 2 atom stereocenters. The molecular formula is C13H16O3. The summed E-state index contributed by atoms with van der Waals surface area (Å²) < 4.78 is 5.10. The van der Waals surface area contributed by atoms with Gasteiger partial charge in [0.2, 0.25) is 0 Å². The normalized spacial score (nSPS) is 24.3. The van der Waals surface area contributed by atoms with Gasteiger partial charge in [-0.1, -0.05) is 12.1 Å². The third-order valence-corrected chi connectivity index (χ3v) is 3.37. The molecule has 0 unspecified atom stereocenters. The molecular weight excluding hydrogens is 204 g/mol. The third kappa shape index (κ3) is 2.18. The van der Waals surface area contributed by atoms with E-state index in [4.69, 9.17) is 9.84 Å². The standard InChI is InChI=1S/C13H16O3/c1-16-12-6-4-9(5-7-12)10-2-3-11(8-10)13(14)15/h4-7,10-11H,2-3,8H2,1H3,(H,14,15)/t10-,11-/m1/s1. The molecule has 1 aliphatic rings. The van der Waals surface area contributed by atoms with Gasteiger partial charge < -0.3 is 9.84 Å². The van der Waals surface area contributed by atoms with Gasteiger partial charge in [0.25, 0.3) is 0 Å². The fourth-order valence-corrected chi connectivity index (χ4v) is 2.38. The van der Waals surface area contributed by atoms with Crippen LogP contribution in [0.4, 0.5) is 0 Å². The zero-order valence-corrected chi connectivity index (χ0v) is 9.35. The van der Waals surface area contributed by atoms with E-state index in [-0.39, 0.29) is 5.92 Å². The summed E-state index contributed by atoms with van der Waals surface area (Å²) in [6.45, 7) is 0. The number of methoxy groups -OCH3 is 1. The first-order chi connectivity index (χ1) is 7.70. The van der Waals surface area contributed by atoms with Crippen molar-refractivity contribution in [1.82, 2.24) is 0 Å². The summed E-state index contributed by atoms with van der Waals surface area (Å²) in [7, 11) is 1.64. The second kappa shape index (κ2) is 4.56. The summed E-state index contributed by atoms with van der Waals surface area (Å²) in [6.07, 6.45) is 2.54. The first-order valence-corrected chi connectivity index (χ1v) is 5.57. The predicted octanol–water partition coefficient (Wildman–Crippen LogP) is 2.66. The molecule has 1 saturated carbocycles. The summed E-state index contributed by atoms with van der Waals surface area (Å²) in [6, 6.07) is 7.94. The van der Waals surface area contributed by atoms with Gasteiger partial charge in [0.15, 0.2) is 0 Å². The van der Waals surface area contributed by atoms with E-state index < -0.39 is 5.97 Å². The Balaban J connectivity index is 2.05. The highest BCUT2D eigenvalue weighted by molar-refractivity contribution is 5.70. The first-order valence-electron chi connectivity index (χ1n) is 5.57. The molecule has 0 aliphatic heterocycles. The van der Waals surface area contributed by atoms with Gasteiger partial charge in [-0.3, -0.25) is 4.79 Å². The van der Waals surface area contributed by atoms with Crippen LogP contribution in [0, 0.1) is 5.92 Å². The molecule has 0 spiro atoms. The lowest BCUT2D eigenvalue weighted by molar-refractivity contribution is -0.141. The molecule has 0 heterocycles. The highest BCUT2D eigenvalue weighted by atomic mass is 16.5. The van der Waals surface area contributed by atoms with Crippen LogP contribution < -0.4 is 4.74 Å². The molecule has 1 aromatic rings. The number of carboxylic acid groups (broad SMARTS) is 1. The van der Waals surface area contributed by atoms with Crippen LogP contribution in [-0.4, -0.2) is 18.2 Å². The summed E-state index contributed by atoms with van der Waals surface area (Å²) in [5, 5.41) is 8.94. The van der Waals surface area contributed by atoms with E-state index in [2.05, 4.69) is 0 Å². The van der Waals surface area contributed by atoms with Crippen LogP contribution in [0.5, 0.6) is 5.75 Å². The molecule has 3 heteroatoms. The molecule has 3 nitrogen and oxygen atoms in total. The van der Waals surface area contributed by atoms with Crippen molar-refractivity contribution in [2.45, 2.75) is 25.2 Å². The van der Waals surface area contributed by atoms with Gasteiger partial charge in [-0.2, -0.15) is 0 Å². The van der Waals surface area contributed by atoms with Crippen LogP contribution in [-0.2, 0) is 4.79 Å². The van der Waals surface area contributed by atoms with Gasteiger partial charge in [0.1, 0.15) is 5.75 Å². The largest absolute Gasteiger partial charge is 0.497 e. The predicted molar refractivity (Wildman–Crippen MR) is 60.7 cm³/mol. The van der Waals surface area contributed by atoms with E-state index in [1.807, 2.05) is 24.3 Å². The molecule has 1 N–H and O–H groups in total. The lowest BCUT2D eigenvalue weighted by Crippen LogP contribution is -2.09. The summed E-state index contributed by atoms with van der Waals surface area (Å²) in [5.74, 6) is 0.423. The van der Waals surface area contributed by atoms with Gasteiger partial charge >= 0.3 is 5.97 Å². The fourth-order valence-electron chi connectivity index (χ4n) is 2.38. The Morgan fingerprint density at radius 1 is 1.31 bits per heavy atom. The van der Waals surface area contributed by atoms with E-state index in [0.29, 0.717) is 5.92 Å². The van der Waals surface area contributed by atoms with Crippen LogP contribution in [0.15, 0.2) is 24.3 Å². The number of hydrogen-bond acceptors (Lipinski definition) is 2. The van der Waals surface area contributed by atoms with E-state index in [1.165, 1.54) is 5.56 Å². The van der Waals surface area contributed by atoms with E-state index in [0.717, 1.165) is 25.0 Å². The molecule has 2 rings (SSSR count). The SMILES string of the molecule is COc1ccc([C@@H]2CC[C@@H](C(=O)O)C2)cc1. The summed E-state index contributed by atoms with van der Waals surface area (Å²) in [4.78, 5) is 10.9. The topological polar surface area (TPSA) is 46.5 Å². The first kappa shape index (κ1) is 11.0. The minimum Gasteiger partial charge on any atom is -0.497 e. The monoisotopic (exact) mass is 220 g/mol. The van der Waals surface area contributed by atoms with E-state index >= 15 is 0 Å². The van der Waals surface area contributed by atoms with Crippen LogP contribution >= 0.6 is 0 Å². The van der Waals surface area contributed by atoms with Gasteiger partial charge in [-0.25, -0.2) is 0 Å². The number of hydrogen-bond donors (Lipinski definition) is 1. The molecule has 86 valence electrons. The minimum atomic E-state index is -0.656. The van der Waals surface area contributed by atoms with Crippen LogP contribution in [0.3, 0.4) is 0 Å².